The van der Waals surface area contributed by atoms with E-state index in [2.05, 4.69) is 26.5 Å². The molecule has 53 heavy (non-hydrogen) atoms. The number of aromatic nitrogens is 4. The minimum absolute atomic E-state index is 0.0750. The zero-order valence-corrected chi connectivity index (χ0v) is 32.8. The molecule has 1 aliphatic heterocycles. The Kier molecular flexibility index (Phi) is 10.8. The fraction of sp³-hybridized carbons (Fsp3) is 0.410. The van der Waals surface area contributed by atoms with Crippen LogP contribution < -0.4 is 29.2 Å². The standard InChI is InChI=1S/C39H47N7O6S/c1-22-11-14-30(49-9)23(2)34(22)51-36-33-28(18-32(42-36)46-16-15-26(21-46)45(7)38(47)52-39(4,5)6)29(37-44-43-24(3)53-37)20-41-35(33)40-19-25-12-13-27(48-8)17-31(25)50-10/h11-14,17-18,20,26H,15-16,19,21H2,1-10H3,(H,40,41)/t26-/m1/s1. The van der Waals surface area contributed by atoms with Crippen molar-refractivity contribution in [3.8, 4) is 39.4 Å². The Hall–Kier alpha value is -5.37. The van der Waals surface area contributed by atoms with Gasteiger partial charge in [-0.2, -0.15) is 4.98 Å². The predicted molar refractivity (Wildman–Crippen MR) is 207 cm³/mol. The molecule has 13 nitrogen and oxygen atoms in total. The van der Waals surface area contributed by atoms with Gasteiger partial charge in [0.25, 0.3) is 0 Å². The van der Waals surface area contributed by atoms with Crippen LogP contribution in [0.1, 0.15) is 48.9 Å². The molecule has 0 saturated carbocycles. The molecule has 0 aliphatic carbocycles. The summed E-state index contributed by atoms with van der Waals surface area (Å²) in [7, 11) is 6.69. The van der Waals surface area contributed by atoms with Crippen LogP contribution >= 0.6 is 11.3 Å². The Labute approximate surface area is 314 Å². The second kappa shape index (κ2) is 15.3. The molecule has 2 aromatic carbocycles. The highest BCUT2D eigenvalue weighted by Crippen LogP contribution is 2.43. The Morgan fingerprint density at radius 1 is 1.02 bits per heavy atom. The van der Waals surface area contributed by atoms with Gasteiger partial charge in [0.15, 0.2) is 0 Å². The first-order chi connectivity index (χ1) is 25.3. The van der Waals surface area contributed by atoms with Gasteiger partial charge in [-0.15, -0.1) is 10.2 Å². The number of ether oxygens (including phenoxy) is 5. The Morgan fingerprint density at radius 3 is 2.47 bits per heavy atom. The molecule has 1 aliphatic rings. The number of carbonyl (C=O) groups is 1. The molecule has 0 spiro atoms. The highest BCUT2D eigenvalue weighted by molar-refractivity contribution is 7.14. The van der Waals surface area contributed by atoms with Gasteiger partial charge in [-0.3, -0.25) is 0 Å². The van der Waals surface area contributed by atoms with Crippen LogP contribution in [0.15, 0.2) is 42.6 Å². The molecule has 0 radical (unpaired) electrons. The minimum atomic E-state index is -0.593. The topological polar surface area (TPSA) is 133 Å². The number of pyridine rings is 2. The maximum Gasteiger partial charge on any atom is 0.410 e. The van der Waals surface area contributed by atoms with Gasteiger partial charge in [0.1, 0.15) is 50.3 Å². The molecule has 1 fully saturated rings. The van der Waals surface area contributed by atoms with Crippen LogP contribution in [0.3, 0.4) is 0 Å². The molecular formula is C39H47N7O6S. The van der Waals surface area contributed by atoms with E-state index in [0.717, 1.165) is 44.1 Å². The minimum Gasteiger partial charge on any atom is -0.497 e. The molecular weight excluding hydrogens is 695 g/mol. The van der Waals surface area contributed by atoms with Gasteiger partial charge in [0.05, 0.1) is 32.8 Å². The number of hydrogen-bond donors (Lipinski definition) is 1. The van der Waals surface area contributed by atoms with Crippen molar-refractivity contribution in [2.24, 2.45) is 0 Å². The smallest absolute Gasteiger partial charge is 0.410 e. The summed E-state index contributed by atoms with van der Waals surface area (Å²) in [5.74, 6) is 4.35. The highest BCUT2D eigenvalue weighted by atomic mass is 32.1. The van der Waals surface area contributed by atoms with Gasteiger partial charge in [0.2, 0.25) is 5.88 Å². The molecule has 3 aromatic heterocycles. The van der Waals surface area contributed by atoms with Crippen LogP contribution in [0.5, 0.6) is 28.9 Å². The number of methoxy groups -OCH3 is 3. The predicted octanol–water partition coefficient (Wildman–Crippen LogP) is 7.95. The third-order valence-electron chi connectivity index (χ3n) is 9.21. The number of amides is 1. The van der Waals surface area contributed by atoms with Gasteiger partial charge in [-0.1, -0.05) is 17.4 Å². The Morgan fingerprint density at radius 2 is 1.79 bits per heavy atom. The van der Waals surface area contributed by atoms with E-state index in [1.54, 1.807) is 33.3 Å². The lowest BCUT2D eigenvalue weighted by Crippen LogP contribution is -2.42. The second-order valence-electron chi connectivity index (χ2n) is 14.0. The summed E-state index contributed by atoms with van der Waals surface area (Å²) in [6, 6.07) is 11.6. The number of nitrogens with one attached hydrogen (secondary N) is 1. The van der Waals surface area contributed by atoms with Crippen LogP contribution in [-0.2, 0) is 11.3 Å². The van der Waals surface area contributed by atoms with Crippen LogP contribution in [0.4, 0.5) is 16.4 Å². The molecule has 6 rings (SSSR count). The van der Waals surface area contributed by atoms with Crippen molar-refractivity contribution in [1.82, 2.24) is 25.1 Å². The van der Waals surface area contributed by atoms with Crippen LogP contribution in [0.2, 0.25) is 0 Å². The molecule has 280 valence electrons. The summed E-state index contributed by atoms with van der Waals surface area (Å²) >= 11 is 1.49. The molecule has 0 bridgehead atoms. The van der Waals surface area contributed by atoms with Crippen LogP contribution in [0, 0.1) is 20.8 Å². The van der Waals surface area contributed by atoms with E-state index < -0.39 is 5.60 Å². The Bertz CT molecular complexity index is 2130. The van der Waals surface area contributed by atoms with Crippen LogP contribution in [-0.4, -0.2) is 84.3 Å². The molecule has 4 heterocycles. The summed E-state index contributed by atoms with van der Waals surface area (Å²) < 4.78 is 29.3. The maximum atomic E-state index is 13.0. The molecule has 1 atom stereocenters. The van der Waals surface area contributed by atoms with Gasteiger partial charge in [-0.05, 0) is 77.8 Å². The quantitative estimate of drug-likeness (QED) is 0.141. The third kappa shape index (κ3) is 8.02. The number of likely N-dealkylation sites (N-methyl/N-ethyl adjacent to an activating group) is 1. The molecule has 1 amide bonds. The summed E-state index contributed by atoms with van der Waals surface area (Å²) in [5, 5.41) is 15.4. The van der Waals surface area contributed by atoms with Crippen molar-refractivity contribution < 1.29 is 28.5 Å². The summed E-state index contributed by atoms with van der Waals surface area (Å²) in [5.41, 5.74) is 2.88. The molecule has 0 unspecified atom stereocenters. The van der Waals surface area contributed by atoms with E-state index in [9.17, 15) is 4.79 Å². The summed E-state index contributed by atoms with van der Waals surface area (Å²) in [6.45, 7) is 13.1. The lowest BCUT2D eigenvalue weighted by molar-refractivity contribution is 0.0238. The second-order valence-corrected chi connectivity index (χ2v) is 15.2. The number of benzene rings is 2. The van der Waals surface area contributed by atoms with Crippen LogP contribution in [0.25, 0.3) is 21.3 Å². The highest BCUT2D eigenvalue weighted by Gasteiger charge is 2.33. The third-order valence-corrected chi connectivity index (χ3v) is 10.1. The van der Waals surface area contributed by atoms with Crippen molar-refractivity contribution >= 4 is 39.8 Å². The Balaban J connectivity index is 1.49. The first kappa shape index (κ1) is 37.4. The number of rotatable bonds is 11. The summed E-state index contributed by atoms with van der Waals surface area (Å²) in [6.07, 6.45) is 2.21. The number of aryl methyl sites for hydroxylation is 2. The molecule has 1 N–H and O–H groups in total. The van der Waals surface area contributed by atoms with Crippen molar-refractivity contribution in [2.75, 3.05) is 51.7 Å². The largest absolute Gasteiger partial charge is 0.497 e. The van der Waals surface area contributed by atoms with Gasteiger partial charge >= 0.3 is 6.09 Å². The van der Waals surface area contributed by atoms with E-state index in [1.807, 2.05) is 78.1 Å². The summed E-state index contributed by atoms with van der Waals surface area (Å²) in [4.78, 5) is 27.0. The number of fused-ring (bicyclic) bond motifs is 1. The van der Waals surface area contributed by atoms with E-state index in [0.29, 0.717) is 65.5 Å². The van der Waals surface area contributed by atoms with Gasteiger partial charge in [0, 0.05) is 61.0 Å². The zero-order chi connectivity index (χ0) is 38.0. The van der Waals surface area contributed by atoms with Gasteiger partial charge < -0.3 is 38.8 Å². The lowest BCUT2D eigenvalue weighted by Gasteiger charge is -2.29. The molecule has 1 saturated heterocycles. The number of nitrogens with zero attached hydrogens (tertiary/aromatic N) is 6. The van der Waals surface area contributed by atoms with Crippen molar-refractivity contribution in [2.45, 2.75) is 66.2 Å². The van der Waals surface area contributed by atoms with Crippen molar-refractivity contribution in [3.05, 3.63) is 64.3 Å². The lowest BCUT2D eigenvalue weighted by atomic mass is 10.1. The monoisotopic (exact) mass is 741 g/mol. The number of hydrogen-bond acceptors (Lipinski definition) is 13. The van der Waals surface area contributed by atoms with E-state index in [-0.39, 0.29) is 12.1 Å². The average molecular weight is 742 g/mol. The van der Waals surface area contributed by atoms with Crippen molar-refractivity contribution in [3.63, 3.8) is 0 Å². The average Bonchev–Trinajstić information content (AvgIpc) is 3.80. The van der Waals surface area contributed by atoms with E-state index in [1.165, 1.54) is 11.3 Å². The first-order valence-corrected chi connectivity index (χ1v) is 18.2. The van der Waals surface area contributed by atoms with E-state index >= 15 is 0 Å². The zero-order valence-electron chi connectivity index (χ0n) is 32.0. The van der Waals surface area contributed by atoms with Crippen molar-refractivity contribution in [1.29, 1.82) is 0 Å². The fourth-order valence-electron chi connectivity index (χ4n) is 6.37. The molecule has 5 aromatic rings. The number of anilines is 2. The van der Waals surface area contributed by atoms with Gasteiger partial charge in [-0.25, -0.2) is 9.78 Å². The maximum absolute atomic E-state index is 13.0. The SMILES string of the molecule is COc1ccc(CNc2ncc(-c3nnc(C)s3)c3cc(N4CC[C@@H](N(C)C(=O)OC(C)(C)C)C4)nc(Oc4c(C)ccc(OC)c4C)c23)c(OC)c1. The molecule has 14 heteroatoms. The normalized spacial score (nSPS) is 14.3. The fourth-order valence-corrected chi connectivity index (χ4v) is 7.08. The van der Waals surface area contributed by atoms with E-state index in [4.69, 9.17) is 33.7 Å². The number of carbonyl (C=O) groups excluding carboxylic acids is 1. The first-order valence-electron chi connectivity index (χ1n) is 17.4.